The summed E-state index contributed by atoms with van der Waals surface area (Å²) in [6, 6.07) is 11.1. The molecule has 3 rings (SSSR count). The number of benzene rings is 2. The molecule has 0 aliphatic rings. The van der Waals surface area contributed by atoms with Crippen LogP contribution in [0.3, 0.4) is 0 Å². The molecule has 0 aliphatic carbocycles. The lowest BCUT2D eigenvalue weighted by Gasteiger charge is -2.15. The maximum Gasteiger partial charge on any atom is 0.261 e. The molecule has 7 nitrogen and oxygen atoms in total. The van der Waals surface area contributed by atoms with E-state index in [1.165, 1.54) is 43.5 Å². The molecule has 0 radical (unpaired) electrons. The molecule has 0 saturated carbocycles. The number of rotatable bonds is 9. The van der Waals surface area contributed by atoms with Crippen LogP contribution in [0.25, 0.3) is 0 Å². The van der Waals surface area contributed by atoms with Gasteiger partial charge >= 0.3 is 0 Å². The number of halogens is 2. The van der Waals surface area contributed by atoms with E-state index in [1.807, 2.05) is 6.92 Å². The topological polar surface area (TPSA) is 97.4 Å². The summed E-state index contributed by atoms with van der Waals surface area (Å²) >= 11 is 5.86. The van der Waals surface area contributed by atoms with E-state index < -0.39 is 15.8 Å². The van der Waals surface area contributed by atoms with Gasteiger partial charge in [-0.05, 0) is 49.2 Å². The third-order valence-corrected chi connectivity index (χ3v) is 6.21. The minimum Gasteiger partial charge on any atom is -0.454 e. The van der Waals surface area contributed by atoms with E-state index in [-0.39, 0.29) is 27.3 Å². The number of hydrogen-bond donors (Lipinski definition) is 2. The Morgan fingerprint density at radius 1 is 1.15 bits per heavy atom. The van der Waals surface area contributed by atoms with E-state index in [1.54, 1.807) is 12.1 Å². The molecule has 0 spiro atoms. The van der Waals surface area contributed by atoms with Crippen molar-refractivity contribution in [1.82, 2.24) is 4.98 Å². The molecule has 1 heterocycles. The van der Waals surface area contributed by atoms with E-state index in [2.05, 4.69) is 15.0 Å². The molecule has 2 aromatic carbocycles. The highest BCUT2D eigenvalue weighted by molar-refractivity contribution is 7.92. The number of hydrogen-bond acceptors (Lipinski definition) is 5. The minimum absolute atomic E-state index is 0.0275. The van der Waals surface area contributed by atoms with Gasteiger partial charge in [-0.2, -0.15) is 0 Å². The SMILES string of the molecule is CCCCc1c(Oc2ccc(NS(=O)(=O)c3cccc(Cl)c3)cc2F)ccnc1NC(C)=O. The number of nitrogens with one attached hydrogen (secondary N) is 2. The number of carbonyl (C=O) groups is 1. The monoisotopic (exact) mass is 491 g/mol. The largest absolute Gasteiger partial charge is 0.454 e. The zero-order valence-electron chi connectivity index (χ0n) is 18.1. The Morgan fingerprint density at radius 3 is 2.61 bits per heavy atom. The van der Waals surface area contributed by atoms with Gasteiger partial charge in [0.15, 0.2) is 11.6 Å². The maximum absolute atomic E-state index is 14.8. The lowest BCUT2D eigenvalue weighted by Crippen LogP contribution is -2.13. The number of carbonyl (C=O) groups excluding carboxylic acids is 1. The maximum atomic E-state index is 14.8. The highest BCUT2D eigenvalue weighted by Gasteiger charge is 2.18. The predicted molar refractivity (Wildman–Crippen MR) is 126 cm³/mol. The molecule has 0 bridgehead atoms. The van der Waals surface area contributed by atoms with E-state index in [4.69, 9.17) is 16.3 Å². The van der Waals surface area contributed by atoms with Crippen LogP contribution in [0.4, 0.5) is 15.9 Å². The Morgan fingerprint density at radius 2 is 1.94 bits per heavy atom. The molecule has 2 N–H and O–H groups in total. The predicted octanol–water partition coefficient (Wildman–Crippen LogP) is 5.77. The minimum atomic E-state index is -3.95. The van der Waals surface area contributed by atoms with Crippen molar-refractivity contribution in [3.63, 3.8) is 0 Å². The fraction of sp³-hybridized carbons (Fsp3) is 0.217. The molecule has 3 aromatic rings. The summed E-state index contributed by atoms with van der Waals surface area (Å²) in [4.78, 5) is 15.7. The third kappa shape index (κ3) is 6.43. The first-order valence-electron chi connectivity index (χ1n) is 10.2. The van der Waals surface area contributed by atoms with Gasteiger partial charge in [-0.15, -0.1) is 0 Å². The van der Waals surface area contributed by atoms with E-state index in [0.29, 0.717) is 23.6 Å². The first-order valence-corrected chi connectivity index (χ1v) is 12.1. The van der Waals surface area contributed by atoms with Crippen LogP contribution in [-0.2, 0) is 21.2 Å². The molecule has 0 saturated heterocycles. The standard InChI is InChI=1S/C23H23ClFN3O4S/c1-3-4-8-19-21(11-12-26-23(19)27-15(2)29)32-22-10-9-17(14-20(22)25)28-33(30,31)18-7-5-6-16(24)13-18/h5-7,9-14,28H,3-4,8H2,1-2H3,(H,26,27,29). The number of unbranched alkanes of at least 4 members (excludes halogenated alkanes) is 1. The van der Waals surface area contributed by atoms with Crippen molar-refractivity contribution < 1.29 is 22.3 Å². The van der Waals surface area contributed by atoms with Crippen molar-refractivity contribution in [3.05, 3.63) is 71.1 Å². The van der Waals surface area contributed by atoms with Crippen molar-refractivity contribution in [3.8, 4) is 11.5 Å². The van der Waals surface area contributed by atoms with Gasteiger partial charge in [-0.1, -0.05) is 31.0 Å². The normalized spacial score (nSPS) is 11.2. The second kappa shape index (κ2) is 10.6. The lowest BCUT2D eigenvalue weighted by molar-refractivity contribution is -0.114. The van der Waals surface area contributed by atoms with Crippen molar-refractivity contribution in [1.29, 1.82) is 0 Å². The van der Waals surface area contributed by atoms with Crippen LogP contribution in [0.15, 0.2) is 59.6 Å². The first kappa shape index (κ1) is 24.5. The quantitative estimate of drug-likeness (QED) is 0.396. The highest BCUT2D eigenvalue weighted by atomic mass is 35.5. The molecule has 174 valence electrons. The number of anilines is 2. The number of sulfonamides is 1. The van der Waals surface area contributed by atoms with Gasteiger partial charge in [0.2, 0.25) is 5.91 Å². The van der Waals surface area contributed by atoms with Crippen LogP contribution in [0, 0.1) is 5.82 Å². The molecule has 1 amide bonds. The van der Waals surface area contributed by atoms with Gasteiger partial charge in [0.05, 0.1) is 10.6 Å². The molecule has 0 aliphatic heterocycles. The number of amides is 1. The molecular weight excluding hydrogens is 469 g/mol. The van der Waals surface area contributed by atoms with Gasteiger partial charge in [-0.25, -0.2) is 17.8 Å². The third-order valence-electron chi connectivity index (χ3n) is 4.60. The van der Waals surface area contributed by atoms with Crippen LogP contribution in [0.1, 0.15) is 32.3 Å². The summed E-state index contributed by atoms with van der Waals surface area (Å²) in [5, 5.41) is 2.93. The van der Waals surface area contributed by atoms with Crippen LogP contribution < -0.4 is 14.8 Å². The molecule has 0 unspecified atom stereocenters. The summed E-state index contributed by atoms with van der Waals surface area (Å²) in [5.41, 5.74) is 0.680. The van der Waals surface area contributed by atoms with Crippen molar-refractivity contribution in [2.24, 2.45) is 0 Å². The molecular formula is C23H23ClFN3O4S. The molecule has 33 heavy (non-hydrogen) atoms. The zero-order chi connectivity index (χ0) is 24.0. The average molecular weight is 492 g/mol. The van der Waals surface area contributed by atoms with E-state index in [9.17, 15) is 17.6 Å². The fourth-order valence-electron chi connectivity index (χ4n) is 3.05. The Labute approximate surface area is 197 Å². The highest BCUT2D eigenvalue weighted by Crippen LogP contribution is 2.33. The number of pyridine rings is 1. The summed E-state index contributed by atoms with van der Waals surface area (Å²) in [6.45, 7) is 3.40. The Hall–Kier alpha value is -3.17. The van der Waals surface area contributed by atoms with Crippen molar-refractivity contribution in [2.75, 3.05) is 10.0 Å². The van der Waals surface area contributed by atoms with Crippen molar-refractivity contribution >= 4 is 39.0 Å². The van der Waals surface area contributed by atoms with Gasteiger partial charge in [0.1, 0.15) is 11.6 Å². The average Bonchev–Trinajstić information content (AvgIpc) is 2.74. The summed E-state index contributed by atoms with van der Waals surface area (Å²) < 4.78 is 48.0. The molecule has 10 heteroatoms. The summed E-state index contributed by atoms with van der Waals surface area (Å²) in [7, 11) is -3.95. The molecule has 0 fully saturated rings. The van der Waals surface area contributed by atoms with E-state index >= 15 is 0 Å². The van der Waals surface area contributed by atoms with Crippen LogP contribution in [-0.4, -0.2) is 19.3 Å². The van der Waals surface area contributed by atoms with Crippen LogP contribution >= 0.6 is 11.6 Å². The smallest absolute Gasteiger partial charge is 0.261 e. The van der Waals surface area contributed by atoms with Crippen LogP contribution in [0.2, 0.25) is 5.02 Å². The Balaban J connectivity index is 1.85. The summed E-state index contributed by atoms with van der Waals surface area (Å²) in [6.07, 6.45) is 3.76. The van der Waals surface area contributed by atoms with Gasteiger partial charge in [0.25, 0.3) is 10.0 Å². The van der Waals surface area contributed by atoms with Gasteiger partial charge in [0, 0.05) is 29.8 Å². The Bertz CT molecular complexity index is 1270. The second-order valence-electron chi connectivity index (χ2n) is 7.23. The molecule has 1 aromatic heterocycles. The Kier molecular flexibility index (Phi) is 7.88. The number of nitrogens with zero attached hydrogens (tertiary/aromatic N) is 1. The number of ether oxygens (including phenoxy) is 1. The number of aromatic nitrogens is 1. The lowest BCUT2D eigenvalue weighted by atomic mass is 10.1. The molecule has 0 atom stereocenters. The first-order chi connectivity index (χ1) is 15.7. The summed E-state index contributed by atoms with van der Waals surface area (Å²) in [5.74, 6) is -0.424. The fourth-order valence-corrected chi connectivity index (χ4v) is 4.40. The van der Waals surface area contributed by atoms with Gasteiger partial charge < -0.3 is 10.1 Å². The second-order valence-corrected chi connectivity index (χ2v) is 9.35. The van der Waals surface area contributed by atoms with E-state index in [0.717, 1.165) is 18.9 Å². The van der Waals surface area contributed by atoms with Crippen molar-refractivity contribution in [2.45, 2.75) is 38.0 Å². The zero-order valence-corrected chi connectivity index (χ0v) is 19.6. The van der Waals surface area contributed by atoms with Gasteiger partial charge in [-0.3, -0.25) is 9.52 Å². The van der Waals surface area contributed by atoms with Crippen LogP contribution in [0.5, 0.6) is 11.5 Å².